The number of benzene rings is 1. The van der Waals surface area contributed by atoms with E-state index in [1.54, 1.807) is 30.5 Å². The molecule has 12 heteroatoms. The SMILES string of the molecule is O=C(CCCCCCNC(=O)C(O)(O)C(F)(F)F)Nc1ncc(-c2ccc(O)cc2)s1. The normalized spacial score (nSPS) is 11.9. The molecule has 0 fully saturated rings. The van der Waals surface area contributed by atoms with Gasteiger partial charge in [0.2, 0.25) is 5.91 Å². The maximum atomic E-state index is 12.3. The topological polar surface area (TPSA) is 132 Å². The molecule has 0 spiro atoms. The highest BCUT2D eigenvalue weighted by molar-refractivity contribution is 7.19. The summed E-state index contributed by atoms with van der Waals surface area (Å²) >= 11 is 1.29. The largest absolute Gasteiger partial charge is 0.508 e. The van der Waals surface area contributed by atoms with Crippen LogP contribution < -0.4 is 10.6 Å². The lowest BCUT2D eigenvalue weighted by Crippen LogP contribution is -2.57. The minimum absolute atomic E-state index is 0.150. The lowest BCUT2D eigenvalue weighted by Gasteiger charge is -2.22. The molecule has 1 heterocycles. The molecule has 2 amide bonds. The van der Waals surface area contributed by atoms with Gasteiger partial charge in [-0.3, -0.25) is 9.59 Å². The second-order valence-electron chi connectivity index (χ2n) is 6.71. The third-order valence-electron chi connectivity index (χ3n) is 4.23. The molecule has 0 bridgehead atoms. The van der Waals surface area contributed by atoms with Crippen molar-refractivity contribution in [2.75, 3.05) is 11.9 Å². The van der Waals surface area contributed by atoms with Crippen LogP contribution in [0.25, 0.3) is 10.4 Å². The third kappa shape index (κ3) is 7.19. The number of amides is 2. The number of anilines is 1. The zero-order valence-corrected chi connectivity index (χ0v) is 17.1. The maximum absolute atomic E-state index is 12.3. The highest BCUT2D eigenvalue weighted by atomic mass is 32.1. The molecule has 170 valence electrons. The summed E-state index contributed by atoms with van der Waals surface area (Å²) in [5, 5.41) is 31.8. The molecule has 1 aromatic heterocycles. The van der Waals surface area contributed by atoms with Gasteiger partial charge in [-0.2, -0.15) is 13.2 Å². The van der Waals surface area contributed by atoms with Gasteiger partial charge < -0.3 is 26.0 Å². The summed E-state index contributed by atoms with van der Waals surface area (Å²) in [5.41, 5.74) is 0.859. The van der Waals surface area contributed by atoms with E-state index >= 15 is 0 Å². The smallest absolute Gasteiger partial charge is 0.453 e. The zero-order chi connectivity index (χ0) is 23.1. The first-order valence-electron chi connectivity index (χ1n) is 9.35. The average Bonchev–Trinajstić information content (AvgIpc) is 3.15. The summed E-state index contributed by atoms with van der Waals surface area (Å²) in [6.07, 6.45) is -1.65. The van der Waals surface area contributed by atoms with Gasteiger partial charge in [0, 0.05) is 19.2 Å². The number of carbonyl (C=O) groups excluding carboxylic acids is 2. The predicted octanol–water partition coefficient (Wildman–Crippen LogP) is 2.76. The molecule has 0 saturated heterocycles. The van der Waals surface area contributed by atoms with Crippen LogP contribution in [0.5, 0.6) is 5.75 Å². The van der Waals surface area contributed by atoms with Crippen molar-refractivity contribution in [2.45, 2.75) is 44.1 Å². The Balaban J connectivity index is 1.62. The Hall–Kier alpha value is -2.70. The molecule has 0 saturated carbocycles. The van der Waals surface area contributed by atoms with Crippen LogP contribution in [-0.2, 0) is 9.59 Å². The maximum Gasteiger partial charge on any atom is 0.453 e. The van der Waals surface area contributed by atoms with E-state index in [2.05, 4.69) is 10.3 Å². The molecule has 0 radical (unpaired) electrons. The zero-order valence-electron chi connectivity index (χ0n) is 16.3. The lowest BCUT2D eigenvalue weighted by atomic mass is 10.1. The van der Waals surface area contributed by atoms with Gasteiger partial charge in [0.15, 0.2) is 5.13 Å². The van der Waals surface area contributed by atoms with Gasteiger partial charge in [-0.1, -0.05) is 24.2 Å². The van der Waals surface area contributed by atoms with Crippen LogP contribution >= 0.6 is 11.3 Å². The molecule has 0 aliphatic carbocycles. The molecular formula is C19H22F3N3O5S. The summed E-state index contributed by atoms with van der Waals surface area (Å²) in [6.45, 7) is -0.150. The molecular weight excluding hydrogens is 439 g/mol. The fourth-order valence-corrected chi connectivity index (χ4v) is 3.33. The number of alkyl halides is 3. The van der Waals surface area contributed by atoms with Gasteiger partial charge in [-0.15, -0.1) is 0 Å². The van der Waals surface area contributed by atoms with Crippen LogP contribution in [0.1, 0.15) is 32.1 Å². The van der Waals surface area contributed by atoms with Crippen molar-refractivity contribution in [3.63, 3.8) is 0 Å². The minimum atomic E-state index is -5.48. The van der Waals surface area contributed by atoms with Crippen molar-refractivity contribution in [2.24, 2.45) is 0 Å². The second-order valence-corrected chi connectivity index (χ2v) is 7.75. The number of nitrogens with zero attached hydrogens (tertiary/aromatic N) is 1. The van der Waals surface area contributed by atoms with Crippen molar-refractivity contribution < 1.29 is 38.1 Å². The van der Waals surface area contributed by atoms with Crippen LogP contribution in [0.15, 0.2) is 30.5 Å². The highest BCUT2D eigenvalue weighted by Gasteiger charge is 2.58. The van der Waals surface area contributed by atoms with E-state index in [1.807, 2.05) is 5.32 Å². The Morgan fingerprint density at radius 2 is 1.68 bits per heavy atom. The van der Waals surface area contributed by atoms with Crippen molar-refractivity contribution in [1.82, 2.24) is 10.3 Å². The first kappa shape index (κ1) is 24.6. The standard InChI is InChI=1S/C19H22F3N3O5S/c20-19(21,22)18(29,30)16(28)23-10-4-2-1-3-5-15(27)25-17-24-11-14(31-17)12-6-8-13(26)9-7-12/h6-9,11,26,29-30H,1-5,10H2,(H,23,28)(H,24,25,27). The first-order valence-corrected chi connectivity index (χ1v) is 10.2. The van der Waals surface area contributed by atoms with Crippen molar-refractivity contribution >= 4 is 28.3 Å². The van der Waals surface area contributed by atoms with Gasteiger partial charge in [0.05, 0.1) is 4.88 Å². The predicted molar refractivity (Wildman–Crippen MR) is 107 cm³/mol. The number of nitrogens with one attached hydrogen (secondary N) is 2. The quantitative estimate of drug-likeness (QED) is 0.273. The number of aromatic hydroxyl groups is 1. The van der Waals surface area contributed by atoms with Gasteiger partial charge in [0.25, 0.3) is 5.91 Å². The van der Waals surface area contributed by atoms with E-state index in [4.69, 9.17) is 10.2 Å². The van der Waals surface area contributed by atoms with Crippen LogP contribution in [0.2, 0.25) is 0 Å². The molecule has 0 aliphatic heterocycles. The number of thiazole rings is 1. The number of phenols is 1. The van der Waals surface area contributed by atoms with E-state index in [-0.39, 0.29) is 24.6 Å². The summed E-state index contributed by atoms with van der Waals surface area (Å²) in [4.78, 5) is 28.1. The number of hydrogen-bond donors (Lipinski definition) is 5. The van der Waals surface area contributed by atoms with Gasteiger partial charge >= 0.3 is 12.0 Å². The molecule has 31 heavy (non-hydrogen) atoms. The number of halogens is 3. The summed E-state index contributed by atoms with van der Waals surface area (Å²) in [7, 11) is 0. The Kier molecular flexibility index (Phi) is 8.36. The Morgan fingerprint density at radius 3 is 2.32 bits per heavy atom. The fourth-order valence-electron chi connectivity index (χ4n) is 2.49. The Labute approximate surface area is 179 Å². The van der Waals surface area contributed by atoms with Crippen LogP contribution in [0, 0.1) is 0 Å². The average molecular weight is 461 g/mol. The molecule has 0 atom stereocenters. The number of unbranched alkanes of at least 4 members (excludes halogenated alkanes) is 3. The highest BCUT2D eigenvalue weighted by Crippen LogP contribution is 2.30. The van der Waals surface area contributed by atoms with E-state index in [9.17, 15) is 27.9 Å². The van der Waals surface area contributed by atoms with Crippen LogP contribution in [0.3, 0.4) is 0 Å². The molecule has 5 N–H and O–H groups in total. The van der Waals surface area contributed by atoms with Crippen molar-refractivity contribution in [3.05, 3.63) is 30.5 Å². The lowest BCUT2D eigenvalue weighted by molar-refractivity contribution is -0.328. The molecule has 1 aromatic carbocycles. The molecule has 2 rings (SSSR count). The van der Waals surface area contributed by atoms with E-state index in [0.717, 1.165) is 10.4 Å². The number of hydrogen-bond acceptors (Lipinski definition) is 7. The Bertz CT molecular complexity index is 885. The van der Waals surface area contributed by atoms with Crippen LogP contribution in [0.4, 0.5) is 18.3 Å². The molecule has 0 aliphatic rings. The van der Waals surface area contributed by atoms with Crippen molar-refractivity contribution in [1.29, 1.82) is 0 Å². The van der Waals surface area contributed by atoms with E-state index in [0.29, 0.717) is 30.8 Å². The number of phenolic OH excluding ortho intramolecular Hbond substituents is 1. The summed E-state index contributed by atoms with van der Waals surface area (Å²) < 4.78 is 36.8. The van der Waals surface area contributed by atoms with Gasteiger partial charge in [-0.25, -0.2) is 4.98 Å². The molecule has 0 unspecified atom stereocenters. The van der Waals surface area contributed by atoms with Crippen LogP contribution in [-0.4, -0.2) is 50.6 Å². The minimum Gasteiger partial charge on any atom is -0.508 e. The van der Waals surface area contributed by atoms with Gasteiger partial charge in [-0.05, 0) is 42.7 Å². The number of rotatable bonds is 10. The summed E-state index contributed by atoms with van der Waals surface area (Å²) in [6, 6.07) is 6.58. The van der Waals surface area contributed by atoms with Crippen molar-refractivity contribution in [3.8, 4) is 16.2 Å². The number of carbonyl (C=O) groups is 2. The van der Waals surface area contributed by atoms with E-state index < -0.39 is 17.9 Å². The number of aliphatic hydroxyl groups is 2. The molecule has 8 nitrogen and oxygen atoms in total. The first-order chi connectivity index (χ1) is 14.5. The monoisotopic (exact) mass is 461 g/mol. The number of aromatic nitrogens is 1. The Morgan fingerprint density at radius 1 is 1.03 bits per heavy atom. The molecule has 2 aromatic rings. The fraction of sp³-hybridized carbons (Fsp3) is 0.421. The third-order valence-corrected chi connectivity index (χ3v) is 5.19. The summed E-state index contributed by atoms with van der Waals surface area (Å²) in [5.74, 6) is -6.41. The van der Waals surface area contributed by atoms with Gasteiger partial charge in [0.1, 0.15) is 5.75 Å². The van der Waals surface area contributed by atoms with E-state index in [1.165, 1.54) is 11.3 Å². The second kappa shape index (κ2) is 10.6.